The summed E-state index contributed by atoms with van der Waals surface area (Å²) in [6.07, 6.45) is 0.767. The first kappa shape index (κ1) is 17.1. The van der Waals surface area contributed by atoms with Crippen LogP contribution in [0.5, 0.6) is 0 Å². The van der Waals surface area contributed by atoms with E-state index in [4.69, 9.17) is 4.74 Å². The van der Waals surface area contributed by atoms with Crippen LogP contribution in [-0.2, 0) is 20.7 Å². The van der Waals surface area contributed by atoms with E-state index in [9.17, 15) is 9.59 Å². The summed E-state index contributed by atoms with van der Waals surface area (Å²) in [7, 11) is 0. The van der Waals surface area contributed by atoms with Gasteiger partial charge in [0.05, 0.1) is 6.61 Å². The Morgan fingerprint density at radius 3 is 2.52 bits per heavy atom. The van der Waals surface area contributed by atoms with Crippen LogP contribution in [0.15, 0.2) is 12.1 Å². The van der Waals surface area contributed by atoms with E-state index in [0.717, 1.165) is 11.3 Å². The second-order valence-electron chi connectivity index (χ2n) is 5.97. The highest BCUT2D eigenvalue weighted by Gasteiger charge is 2.22. The second kappa shape index (κ2) is 7.20. The molecule has 0 saturated carbocycles. The SMILES string of the molecule is CCOC(=O)CCc1ccc(C)nc1NC(=O)C(C)(C)C. The van der Waals surface area contributed by atoms with Crippen molar-refractivity contribution in [3.05, 3.63) is 23.4 Å². The smallest absolute Gasteiger partial charge is 0.306 e. The summed E-state index contributed by atoms with van der Waals surface area (Å²) in [4.78, 5) is 27.9. The molecule has 1 heterocycles. The van der Waals surface area contributed by atoms with Gasteiger partial charge in [0.15, 0.2) is 0 Å². The zero-order valence-corrected chi connectivity index (χ0v) is 13.4. The van der Waals surface area contributed by atoms with Gasteiger partial charge in [-0.05, 0) is 31.9 Å². The van der Waals surface area contributed by atoms with Gasteiger partial charge in [-0.15, -0.1) is 0 Å². The molecule has 0 aliphatic heterocycles. The fraction of sp³-hybridized carbons (Fsp3) is 0.562. The molecular formula is C16H24N2O3. The molecular weight excluding hydrogens is 268 g/mol. The van der Waals surface area contributed by atoms with Crippen LogP contribution < -0.4 is 5.32 Å². The molecule has 1 rings (SSSR count). The predicted molar refractivity (Wildman–Crippen MR) is 82.0 cm³/mol. The minimum atomic E-state index is -0.496. The van der Waals surface area contributed by atoms with E-state index in [-0.39, 0.29) is 18.3 Å². The molecule has 1 amide bonds. The van der Waals surface area contributed by atoms with Gasteiger partial charge in [0, 0.05) is 17.5 Å². The lowest BCUT2D eigenvalue weighted by Gasteiger charge is -2.19. The number of ether oxygens (including phenoxy) is 1. The zero-order chi connectivity index (χ0) is 16.0. The summed E-state index contributed by atoms with van der Waals surface area (Å²) in [5, 5.41) is 2.84. The molecule has 1 aromatic rings. The molecule has 21 heavy (non-hydrogen) atoms. The Balaban J connectivity index is 2.85. The van der Waals surface area contributed by atoms with Crippen LogP contribution in [0.1, 0.15) is 45.4 Å². The number of aryl methyl sites for hydroxylation is 2. The van der Waals surface area contributed by atoms with Gasteiger partial charge in [0.1, 0.15) is 5.82 Å². The van der Waals surface area contributed by atoms with Gasteiger partial charge in [-0.2, -0.15) is 0 Å². The number of amides is 1. The van der Waals surface area contributed by atoms with Crippen molar-refractivity contribution in [3.63, 3.8) is 0 Å². The van der Waals surface area contributed by atoms with E-state index in [1.165, 1.54) is 0 Å². The van der Waals surface area contributed by atoms with Crippen molar-refractivity contribution in [1.82, 2.24) is 4.98 Å². The molecule has 116 valence electrons. The lowest BCUT2D eigenvalue weighted by molar-refractivity contribution is -0.143. The number of nitrogens with one attached hydrogen (secondary N) is 1. The molecule has 0 aliphatic rings. The number of carbonyl (C=O) groups is 2. The molecule has 0 bridgehead atoms. The predicted octanol–water partition coefficient (Wildman–Crippen LogP) is 2.87. The number of hydrogen-bond acceptors (Lipinski definition) is 4. The maximum Gasteiger partial charge on any atom is 0.306 e. The highest BCUT2D eigenvalue weighted by molar-refractivity contribution is 5.94. The summed E-state index contributed by atoms with van der Waals surface area (Å²) in [6, 6.07) is 3.76. The molecule has 0 aliphatic carbocycles. The number of rotatable bonds is 5. The van der Waals surface area contributed by atoms with E-state index in [1.807, 2.05) is 39.8 Å². The molecule has 5 nitrogen and oxygen atoms in total. The number of hydrogen-bond donors (Lipinski definition) is 1. The Labute approximate surface area is 126 Å². The van der Waals surface area contributed by atoms with Crippen LogP contribution >= 0.6 is 0 Å². The summed E-state index contributed by atoms with van der Waals surface area (Å²) in [5.41, 5.74) is 1.16. The minimum Gasteiger partial charge on any atom is -0.466 e. The van der Waals surface area contributed by atoms with Crippen molar-refractivity contribution < 1.29 is 14.3 Å². The van der Waals surface area contributed by atoms with Gasteiger partial charge in [0.25, 0.3) is 0 Å². The largest absolute Gasteiger partial charge is 0.466 e. The highest BCUT2D eigenvalue weighted by Crippen LogP contribution is 2.20. The molecule has 0 aromatic carbocycles. The molecule has 0 spiro atoms. The van der Waals surface area contributed by atoms with Crippen molar-refractivity contribution in [3.8, 4) is 0 Å². The number of esters is 1. The van der Waals surface area contributed by atoms with Crippen molar-refractivity contribution in [2.75, 3.05) is 11.9 Å². The molecule has 1 N–H and O–H groups in total. The average Bonchev–Trinajstić information content (AvgIpc) is 2.37. The molecule has 0 atom stereocenters. The minimum absolute atomic E-state index is 0.0991. The van der Waals surface area contributed by atoms with Gasteiger partial charge >= 0.3 is 5.97 Å². The molecule has 1 aromatic heterocycles. The first-order valence-electron chi connectivity index (χ1n) is 7.17. The fourth-order valence-corrected chi connectivity index (χ4v) is 1.66. The lowest BCUT2D eigenvalue weighted by Crippen LogP contribution is -2.28. The highest BCUT2D eigenvalue weighted by atomic mass is 16.5. The summed E-state index contributed by atoms with van der Waals surface area (Å²) < 4.78 is 4.92. The maximum atomic E-state index is 12.1. The van der Waals surface area contributed by atoms with Crippen LogP contribution in [0, 0.1) is 12.3 Å². The Bertz CT molecular complexity index is 519. The van der Waals surface area contributed by atoms with Gasteiger partial charge < -0.3 is 10.1 Å². The van der Waals surface area contributed by atoms with Crippen molar-refractivity contribution in [2.45, 2.75) is 47.5 Å². The van der Waals surface area contributed by atoms with E-state index < -0.39 is 5.41 Å². The van der Waals surface area contributed by atoms with Crippen molar-refractivity contribution in [1.29, 1.82) is 0 Å². The zero-order valence-electron chi connectivity index (χ0n) is 13.4. The van der Waals surface area contributed by atoms with Gasteiger partial charge in [0.2, 0.25) is 5.91 Å². The monoisotopic (exact) mass is 292 g/mol. The third-order valence-electron chi connectivity index (χ3n) is 2.93. The van der Waals surface area contributed by atoms with Gasteiger partial charge in [-0.25, -0.2) is 4.98 Å². The van der Waals surface area contributed by atoms with Crippen LogP contribution in [-0.4, -0.2) is 23.5 Å². The third kappa shape index (κ3) is 5.53. The van der Waals surface area contributed by atoms with Crippen LogP contribution in [0.25, 0.3) is 0 Å². The van der Waals surface area contributed by atoms with E-state index in [1.54, 1.807) is 6.92 Å². The molecule has 0 unspecified atom stereocenters. The van der Waals surface area contributed by atoms with Gasteiger partial charge in [-0.3, -0.25) is 9.59 Å². The number of pyridine rings is 1. The third-order valence-corrected chi connectivity index (χ3v) is 2.93. The normalized spacial score (nSPS) is 11.1. The van der Waals surface area contributed by atoms with Crippen LogP contribution in [0.2, 0.25) is 0 Å². The molecule has 5 heteroatoms. The van der Waals surface area contributed by atoms with Crippen molar-refractivity contribution >= 4 is 17.7 Å². The molecule has 0 fully saturated rings. The van der Waals surface area contributed by atoms with E-state index in [0.29, 0.717) is 18.8 Å². The van der Waals surface area contributed by atoms with E-state index in [2.05, 4.69) is 10.3 Å². The van der Waals surface area contributed by atoms with Crippen LogP contribution in [0.3, 0.4) is 0 Å². The number of carbonyl (C=O) groups excluding carboxylic acids is 2. The Morgan fingerprint density at radius 2 is 1.95 bits per heavy atom. The molecule has 0 saturated heterocycles. The first-order valence-corrected chi connectivity index (χ1v) is 7.17. The number of nitrogens with zero attached hydrogens (tertiary/aromatic N) is 1. The molecule has 0 radical (unpaired) electrons. The standard InChI is InChI=1S/C16H24N2O3/c1-6-21-13(19)10-9-12-8-7-11(2)17-14(12)18-15(20)16(3,4)5/h7-8H,6,9-10H2,1-5H3,(H,17,18,20). The number of anilines is 1. The first-order chi connectivity index (χ1) is 9.74. The summed E-state index contributed by atoms with van der Waals surface area (Å²) in [6.45, 7) is 9.55. The van der Waals surface area contributed by atoms with Gasteiger partial charge in [-0.1, -0.05) is 26.8 Å². The fourth-order valence-electron chi connectivity index (χ4n) is 1.66. The summed E-state index contributed by atoms with van der Waals surface area (Å²) in [5.74, 6) is 0.184. The topological polar surface area (TPSA) is 68.3 Å². The maximum absolute atomic E-state index is 12.1. The second-order valence-corrected chi connectivity index (χ2v) is 5.97. The Hall–Kier alpha value is -1.91. The Kier molecular flexibility index (Phi) is 5.88. The van der Waals surface area contributed by atoms with E-state index >= 15 is 0 Å². The average molecular weight is 292 g/mol. The number of aromatic nitrogens is 1. The van der Waals surface area contributed by atoms with Crippen molar-refractivity contribution in [2.24, 2.45) is 5.41 Å². The summed E-state index contributed by atoms with van der Waals surface area (Å²) >= 11 is 0. The van der Waals surface area contributed by atoms with Crippen LogP contribution in [0.4, 0.5) is 5.82 Å². The Morgan fingerprint density at radius 1 is 1.29 bits per heavy atom. The lowest BCUT2D eigenvalue weighted by atomic mass is 9.95. The quantitative estimate of drug-likeness (QED) is 0.847.